The van der Waals surface area contributed by atoms with Gasteiger partial charge in [0.2, 0.25) is 0 Å². The number of ether oxygens (including phenoxy) is 1. The Labute approximate surface area is 116 Å². The molecule has 0 radical (unpaired) electrons. The highest BCUT2D eigenvalue weighted by Gasteiger charge is 2.15. The van der Waals surface area contributed by atoms with Crippen LogP contribution in [-0.2, 0) is 13.6 Å². The SMILES string of the molecule is Cc1c(CNc2snc(N)c2OC(C)C)cnn1C. The predicted molar refractivity (Wildman–Crippen MR) is 77.6 cm³/mol. The van der Waals surface area contributed by atoms with E-state index < -0.39 is 0 Å². The van der Waals surface area contributed by atoms with Gasteiger partial charge in [0.1, 0.15) is 0 Å². The molecule has 3 N–H and O–H groups in total. The molecule has 0 spiro atoms. The van der Waals surface area contributed by atoms with E-state index in [0.29, 0.717) is 18.1 Å². The molecule has 2 aromatic rings. The lowest BCUT2D eigenvalue weighted by atomic mass is 10.2. The zero-order valence-corrected chi connectivity index (χ0v) is 12.4. The highest BCUT2D eigenvalue weighted by atomic mass is 32.1. The van der Waals surface area contributed by atoms with Crippen molar-refractivity contribution in [3.05, 3.63) is 17.5 Å². The fourth-order valence-corrected chi connectivity index (χ4v) is 2.29. The van der Waals surface area contributed by atoms with Gasteiger partial charge in [-0.05, 0) is 32.3 Å². The zero-order valence-electron chi connectivity index (χ0n) is 11.6. The number of aromatic nitrogens is 3. The topological polar surface area (TPSA) is 78.0 Å². The third-order valence-corrected chi connectivity index (χ3v) is 3.60. The van der Waals surface area contributed by atoms with Crippen molar-refractivity contribution in [3.63, 3.8) is 0 Å². The van der Waals surface area contributed by atoms with Crippen molar-refractivity contribution in [1.82, 2.24) is 14.2 Å². The fourth-order valence-electron chi connectivity index (χ4n) is 1.65. The number of nitrogen functional groups attached to an aromatic ring is 1. The average Bonchev–Trinajstić information content (AvgIpc) is 2.84. The normalized spacial score (nSPS) is 11.0. The Morgan fingerprint density at radius 2 is 2.26 bits per heavy atom. The zero-order chi connectivity index (χ0) is 14.0. The van der Waals surface area contributed by atoms with Crippen LogP contribution in [0.2, 0.25) is 0 Å². The fraction of sp³-hybridized carbons (Fsp3) is 0.500. The van der Waals surface area contributed by atoms with Crippen molar-refractivity contribution in [3.8, 4) is 5.75 Å². The van der Waals surface area contributed by atoms with Crippen LogP contribution < -0.4 is 15.8 Å². The number of nitrogens with zero attached hydrogens (tertiary/aromatic N) is 3. The van der Waals surface area contributed by atoms with Crippen LogP contribution in [0.1, 0.15) is 25.1 Å². The summed E-state index contributed by atoms with van der Waals surface area (Å²) in [6, 6.07) is 0. The summed E-state index contributed by atoms with van der Waals surface area (Å²) in [6.45, 7) is 6.64. The highest BCUT2D eigenvalue weighted by Crippen LogP contribution is 2.36. The van der Waals surface area contributed by atoms with Crippen LogP contribution in [0.15, 0.2) is 6.20 Å². The first-order valence-electron chi connectivity index (χ1n) is 6.12. The van der Waals surface area contributed by atoms with Crippen molar-refractivity contribution >= 4 is 22.4 Å². The number of rotatable bonds is 5. The standard InChI is InChI=1S/C12H19N5OS/c1-7(2)18-10-11(13)16-19-12(10)14-5-9-6-15-17(4)8(9)3/h6-7,14H,5H2,1-4H3,(H2,13,16). The van der Waals surface area contributed by atoms with Gasteiger partial charge in [0, 0.05) is 24.8 Å². The molecule has 0 amide bonds. The molecule has 104 valence electrons. The number of anilines is 2. The smallest absolute Gasteiger partial charge is 0.197 e. The third-order valence-electron chi connectivity index (χ3n) is 2.80. The monoisotopic (exact) mass is 281 g/mol. The third kappa shape index (κ3) is 2.98. The van der Waals surface area contributed by atoms with Gasteiger partial charge in [-0.2, -0.15) is 9.47 Å². The molecule has 0 fully saturated rings. The van der Waals surface area contributed by atoms with E-state index in [9.17, 15) is 0 Å². The first-order valence-corrected chi connectivity index (χ1v) is 6.89. The number of nitrogens with two attached hydrogens (primary N) is 1. The van der Waals surface area contributed by atoms with Crippen LogP contribution >= 0.6 is 11.5 Å². The van der Waals surface area contributed by atoms with Gasteiger partial charge in [0.15, 0.2) is 16.6 Å². The molecule has 2 rings (SSSR count). The van der Waals surface area contributed by atoms with Gasteiger partial charge in [0.25, 0.3) is 0 Å². The number of aryl methyl sites for hydroxylation is 1. The Morgan fingerprint density at radius 3 is 2.84 bits per heavy atom. The summed E-state index contributed by atoms with van der Waals surface area (Å²) in [5.74, 6) is 1.07. The Kier molecular flexibility index (Phi) is 3.94. The summed E-state index contributed by atoms with van der Waals surface area (Å²) < 4.78 is 11.7. The second kappa shape index (κ2) is 5.48. The summed E-state index contributed by atoms with van der Waals surface area (Å²) in [5.41, 5.74) is 8.09. The predicted octanol–water partition coefficient (Wildman–Crippen LogP) is 2.17. The summed E-state index contributed by atoms with van der Waals surface area (Å²) in [6.07, 6.45) is 1.93. The Morgan fingerprint density at radius 1 is 1.53 bits per heavy atom. The summed E-state index contributed by atoms with van der Waals surface area (Å²) in [4.78, 5) is 0. The Balaban J connectivity index is 2.09. The molecule has 2 heterocycles. The molecule has 0 aliphatic carbocycles. The van der Waals surface area contributed by atoms with E-state index in [-0.39, 0.29) is 6.10 Å². The van der Waals surface area contributed by atoms with Gasteiger partial charge in [-0.1, -0.05) is 0 Å². The van der Waals surface area contributed by atoms with Crippen LogP contribution in [0.3, 0.4) is 0 Å². The van der Waals surface area contributed by atoms with Crippen molar-refractivity contribution in [2.45, 2.75) is 33.4 Å². The van der Waals surface area contributed by atoms with Gasteiger partial charge in [-0.3, -0.25) is 4.68 Å². The van der Waals surface area contributed by atoms with Gasteiger partial charge in [0.05, 0.1) is 12.3 Å². The first-order chi connectivity index (χ1) is 8.99. The molecule has 0 unspecified atom stereocenters. The average molecular weight is 281 g/mol. The first kappa shape index (κ1) is 13.7. The molecule has 0 bridgehead atoms. The lowest BCUT2D eigenvalue weighted by Crippen LogP contribution is -2.09. The molecule has 0 saturated carbocycles. The van der Waals surface area contributed by atoms with E-state index in [1.807, 2.05) is 38.7 Å². The van der Waals surface area contributed by atoms with E-state index in [1.54, 1.807) is 0 Å². The van der Waals surface area contributed by atoms with E-state index in [0.717, 1.165) is 16.3 Å². The summed E-state index contributed by atoms with van der Waals surface area (Å²) >= 11 is 1.31. The minimum atomic E-state index is 0.0689. The summed E-state index contributed by atoms with van der Waals surface area (Å²) in [7, 11) is 1.93. The van der Waals surface area contributed by atoms with Crippen LogP contribution in [0.25, 0.3) is 0 Å². The van der Waals surface area contributed by atoms with E-state index in [1.165, 1.54) is 11.5 Å². The van der Waals surface area contributed by atoms with E-state index in [4.69, 9.17) is 10.5 Å². The van der Waals surface area contributed by atoms with Crippen molar-refractivity contribution < 1.29 is 4.74 Å². The van der Waals surface area contributed by atoms with Crippen molar-refractivity contribution in [1.29, 1.82) is 0 Å². The molecule has 0 aliphatic heterocycles. The minimum absolute atomic E-state index is 0.0689. The molecule has 0 saturated heterocycles. The molecular weight excluding hydrogens is 262 g/mol. The molecule has 7 heteroatoms. The Bertz CT molecular complexity index is 560. The van der Waals surface area contributed by atoms with Gasteiger partial charge < -0.3 is 15.8 Å². The number of nitrogens with one attached hydrogen (secondary N) is 1. The molecule has 0 aromatic carbocycles. The Hall–Kier alpha value is -1.76. The van der Waals surface area contributed by atoms with E-state index in [2.05, 4.69) is 14.8 Å². The van der Waals surface area contributed by atoms with Gasteiger partial charge in [-0.15, -0.1) is 0 Å². The summed E-state index contributed by atoms with van der Waals surface area (Å²) in [5, 5.41) is 8.38. The lowest BCUT2D eigenvalue weighted by molar-refractivity contribution is 0.245. The van der Waals surface area contributed by atoms with Crippen LogP contribution in [0.4, 0.5) is 10.8 Å². The second-order valence-electron chi connectivity index (χ2n) is 4.63. The van der Waals surface area contributed by atoms with Crippen molar-refractivity contribution in [2.75, 3.05) is 11.1 Å². The minimum Gasteiger partial charge on any atom is -0.484 e. The molecule has 6 nitrogen and oxygen atoms in total. The number of hydrogen-bond donors (Lipinski definition) is 2. The van der Waals surface area contributed by atoms with Crippen LogP contribution in [-0.4, -0.2) is 20.3 Å². The largest absolute Gasteiger partial charge is 0.484 e. The molecule has 2 aromatic heterocycles. The maximum absolute atomic E-state index is 5.81. The molecule has 0 atom stereocenters. The number of hydrogen-bond acceptors (Lipinski definition) is 6. The maximum Gasteiger partial charge on any atom is 0.197 e. The molecule has 0 aliphatic rings. The van der Waals surface area contributed by atoms with Gasteiger partial charge in [-0.25, -0.2) is 0 Å². The maximum atomic E-state index is 5.81. The lowest BCUT2D eigenvalue weighted by Gasteiger charge is -2.11. The quantitative estimate of drug-likeness (QED) is 0.878. The van der Waals surface area contributed by atoms with Crippen LogP contribution in [0, 0.1) is 6.92 Å². The second-order valence-corrected chi connectivity index (χ2v) is 5.40. The molecular formula is C12H19N5OS. The van der Waals surface area contributed by atoms with Gasteiger partial charge >= 0.3 is 0 Å². The molecule has 19 heavy (non-hydrogen) atoms. The van der Waals surface area contributed by atoms with Crippen LogP contribution in [0.5, 0.6) is 5.75 Å². The van der Waals surface area contributed by atoms with Crippen molar-refractivity contribution in [2.24, 2.45) is 7.05 Å². The highest BCUT2D eigenvalue weighted by molar-refractivity contribution is 7.11. The van der Waals surface area contributed by atoms with E-state index >= 15 is 0 Å².